The molecule has 0 aliphatic carbocycles. The van der Waals surface area contributed by atoms with Gasteiger partial charge in [0.05, 0.1) is 11.0 Å². The van der Waals surface area contributed by atoms with Gasteiger partial charge in [0.1, 0.15) is 0 Å². The van der Waals surface area contributed by atoms with Gasteiger partial charge in [0.25, 0.3) is 0 Å². The third kappa shape index (κ3) is 5.18. The third-order valence-electron chi connectivity index (χ3n) is 14.4. The fourth-order valence-electron chi connectivity index (χ4n) is 11.1. The molecule has 62 heavy (non-hydrogen) atoms. The highest BCUT2D eigenvalue weighted by atomic mass is 15.0. The molecule has 0 N–H and O–H groups in total. The lowest BCUT2D eigenvalue weighted by Gasteiger charge is -2.35. The Balaban J connectivity index is 1.30. The lowest BCUT2D eigenvalue weighted by molar-refractivity contribution is 0.590. The second kappa shape index (κ2) is 12.7. The van der Waals surface area contributed by atoms with Crippen molar-refractivity contribution >= 4 is 61.4 Å². The average molecular weight is 799 g/mol. The summed E-state index contributed by atoms with van der Waals surface area (Å²) in [5.41, 5.74) is 26.1. The minimum absolute atomic E-state index is 0.0167. The zero-order chi connectivity index (χ0) is 42.6. The maximum Gasteiger partial charge on any atom is 0.333 e. The number of nitrogens with zero attached hydrogens (tertiary/aromatic N) is 2. The first-order valence-electron chi connectivity index (χ1n) is 22.4. The summed E-state index contributed by atoms with van der Waals surface area (Å²) in [5.74, 6) is 0. The van der Waals surface area contributed by atoms with E-state index in [2.05, 4.69) is 217 Å². The van der Waals surface area contributed by atoms with Crippen LogP contribution >= 0.6 is 0 Å². The van der Waals surface area contributed by atoms with Crippen LogP contribution in [0.4, 0.5) is 0 Å². The molecule has 0 radical (unpaired) electrons. The molecule has 4 heterocycles. The van der Waals surface area contributed by atoms with Gasteiger partial charge in [-0.15, -0.1) is 0 Å². The van der Waals surface area contributed by atoms with Crippen molar-refractivity contribution in [2.45, 2.75) is 73.1 Å². The Hall–Kier alpha value is -6.58. The van der Waals surface area contributed by atoms with E-state index in [0.29, 0.717) is 0 Å². The van der Waals surface area contributed by atoms with Crippen LogP contribution in [0.1, 0.15) is 69.4 Å². The standard InChI is InChI=1S/C59H51BN2/c1-34-16-10-13-19-42(34)37-22-24-52-45(26-37)48-28-38(43-20-14-11-17-35(43)2)29-51-57(48)61(52)54-30-39(44-21-15-12-18-36(44)3)27-47-50-33-41(59(7,8)9)32-49-46-31-40(58(4,5)6)23-25-53(46)62(56(49)50)60(51)55(47)54/h10-33H,1-9H3. The smallest absolute Gasteiger partial charge is 0.333 e. The van der Waals surface area contributed by atoms with E-state index < -0.39 is 0 Å². The van der Waals surface area contributed by atoms with Gasteiger partial charge in [0.2, 0.25) is 0 Å². The predicted molar refractivity (Wildman–Crippen MR) is 268 cm³/mol. The summed E-state index contributed by atoms with van der Waals surface area (Å²) in [5, 5.41) is 5.28. The Morgan fingerprint density at radius 3 is 1.56 bits per heavy atom. The van der Waals surface area contributed by atoms with Crippen molar-refractivity contribution in [1.82, 2.24) is 9.05 Å². The molecule has 2 aliphatic heterocycles. The van der Waals surface area contributed by atoms with Gasteiger partial charge in [0, 0.05) is 43.8 Å². The van der Waals surface area contributed by atoms with Gasteiger partial charge in [0.15, 0.2) is 0 Å². The van der Waals surface area contributed by atoms with E-state index in [1.807, 2.05) is 0 Å². The van der Waals surface area contributed by atoms with Crippen LogP contribution in [-0.4, -0.2) is 15.9 Å². The molecule has 0 spiro atoms. The Morgan fingerprint density at radius 1 is 0.403 bits per heavy atom. The number of benzene rings is 8. The van der Waals surface area contributed by atoms with Crippen molar-refractivity contribution in [3.8, 4) is 50.2 Å². The van der Waals surface area contributed by atoms with Crippen LogP contribution in [0, 0.1) is 20.8 Å². The van der Waals surface area contributed by atoms with E-state index in [4.69, 9.17) is 0 Å². The van der Waals surface area contributed by atoms with Crippen molar-refractivity contribution in [3.63, 3.8) is 0 Å². The molecule has 0 bridgehead atoms. The number of hydrogen-bond acceptors (Lipinski definition) is 0. The zero-order valence-corrected chi connectivity index (χ0v) is 37.3. The second-order valence-corrected chi connectivity index (χ2v) is 20.4. The van der Waals surface area contributed by atoms with Crippen LogP contribution in [0.5, 0.6) is 0 Å². The maximum atomic E-state index is 2.74. The van der Waals surface area contributed by atoms with E-state index in [9.17, 15) is 0 Å². The Kier molecular flexibility index (Phi) is 7.65. The van der Waals surface area contributed by atoms with Crippen LogP contribution in [0.3, 0.4) is 0 Å². The fraction of sp³-hybridized carbons (Fsp3) is 0.186. The maximum absolute atomic E-state index is 2.74. The Bertz CT molecular complexity index is 3580. The van der Waals surface area contributed by atoms with Crippen molar-refractivity contribution in [1.29, 1.82) is 0 Å². The summed E-state index contributed by atoms with van der Waals surface area (Å²) in [6, 6.07) is 56.3. The molecule has 0 unspecified atom stereocenters. The predicted octanol–water partition coefficient (Wildman–Crippen LogP) is 14.4. The van der Waals surface area contributed by atoms with Crippen LogP contribution in [0.2, 0.25) is 0 Å². The van der Waals surface area contributed by atoms with Gasteiger partial charge in [-0.1, -0.05) is 133 Å². The van der Waals surface area contributed by atoms with Gasteiger partial charge >= 0.3 is 6.85 Å². The van der Waals surface area contributed by atoms with Gasteiger partial charge in [-0.05, 0) is 164 Å². The van der Waals surface area contributed by atoms with E-state index in [0.717, 1.165) is 0 Å². The van der Waals surface area contributed by atoms with Crippen LogP contribution < -0.4 is 10.9 Å². The molecule has 2 aromatic heterocycles. The Labute approximate surface area is 365 Å². The number of hydrogen-bond donors (Lipinski definition) is 0. The molecule has 10 aromatic rings. The van der Waals surface area contributed by atoms with Crippen molar-refractivity contribution < 1.29 is 0 Å². The molecule has 8 aromatic carbocycles. The number of aromatic nitrogens is 2. The number of fused-ring (bicyclic) bond motifs is 10. The van der Waals surface area contributed by atoms with E-state index in [-0.39, 0.29) is 17.7 Å². The monoisotopic (exact) mass is 798 g/mol. The summed E-state index contributed by atoms with van der Waals surface area (Å²) in [6.07, 6.45) is 0. The molecule has 300 valence electrons. The highest BCUT2D eigenvalue weighted by molar-refractivity contribution is 6.90. The van der Waals surface area contributed by atoms with Gasteiger partial charge in [-0.25, -0.2) is 0 Å². The summed E-state index contributed by atoms with van der Waals surface area (Å²) in [7, 11) is 0. The van der Waals surface area contributed by atoms with Crippen molar-refractivity contribution in [2.75, 3.05) is 0 Å². The van der Waals surface area contributed by atoms with Crippen molar-refractivity contribution in [2.24, 2.45) is 0 Å². The molecular weight excluding hydrogens is 747 g/mol. The molecule has 2 aliphatic rings. The number of rotatable bonds is 3. The summed E-state index contributed by atoms with van der Waals surface area (Å²) in [4.78, 5) is 0. The first kappa shape index (κ1) is 37.2. The van der Waals surface area contributed by atoms with Gasteiger partial charge < -0.3 is 9.05 Å². The summed E-state index contributed by atoms with van der Waals surface area (Å²) >= 11 is 0. The molecule has 0 saturated heterocycles. The van der Waals surface area contributed by atoms with Crippen LogP contribution in [0.15, 0.2) is 146 Å². The lowest BCUT2D eigenvalue weighted by Crippen LogP contribution is -2.55. The first-order valence-corrected chi connectivity index (χ1v) is 22.4. The third-order valence-corrected chi connectivity index (χ3v) is 14.4. The molecule has 0 saturated carbocycles. The normalized spacial score (nSPS) is 13.2. The summed E-state index contributed by atoms with van der Waals surface area (Å²) < 4.78 is 5.38. The topological polar surface area (TPSA) is 9.86 Å². The fourth-order valence-corrected chi connectivity index (χ4v) is 11.1. The van der Waals surface area contributed by atoms with Crippen molar-refractivity contribution in [3.05, 3.63) is 173 Å². The minimum Gasteiger partial charge on any atom is -0.375 e. The van der Waals surface area contributed by atoms with Gasteiger partial charge in [-0.2, -0.15) is 0 Å². The zero-order valence-electron chi connectivity index (χ0n) is 37.3. The van der Waals surface area contributed by atoms with E-state index in [1.54, 1.807) is 0 Å². The quantitative estimate of drug-likeness (QED) is 0.158. The summed E-state index contributed by atoms with van der Waals surface area (Å²) in [6.45, 7) is 20.8. The molecule has 0 atom stereocenters. The van der Waals surface area contributed by atoms with Crippen LogP contribution in [0.25, 0.3) is 93.8 Å². The van der Waals surface area contributed by atoms with E-state index in [1.165, 1.54) is 133 Å². The molecule has 0 fully saturated rings. The molecule has 0 amide bonds. The SMILES string of the molecule is Cc1ccccc1-c1cc2c3c(c1)-n1c4ccc(-c5ccccc5C)cc4c4cc(-c5ccccc5C)cc(c41)B3n1c3ccc(C(C)(C)C)cc3c3cc(C(C)(C)C)cc-2c31. The number of aryl methyl sites for hydroxylation is 3. The lowest BCUT2D eigenvalue weighted by atomic mass is 9.45. The highest BCUT2D eigenvalue weighted by Gasteiger charge is 2.43. The van der Waals surface area contributed by atoms with E-state index >= 15 is 0 Å². The Morgan fingerprint density at radius 2 is 0.935 bits per heavy atom. The molecule has 3 heteroatoms. The first-order chi connectivity index (χ1) is 29.8. The molecular formula is C59H51BN2. The second-order valence-electron chi connectivity index (χ2n) is 20.4. The minimum atomic E-state index is -0.0437. The molecule has 12 rings (SSSR count). The van der Waals surface area contributed by atoms with Gasteiger partial charge in [-0.3, -0.25) is 0 Å². The average Bonchev–Trinajstić information content (AvgIpc) is 3.76. The van der Waals surface area contributed by atoms with Crippen LogP contribution in [-0.2, 0) is 10.8 Å². The molecule has 2 nitrogen and oxygen atoms in total. The largest absolute Gasteiger partial charge is 0.375 e. The highest BCUT2D eigenvalue weighted by Crippen LogP contribution is 2.48.